The molecule has 4 heteroatoms. The zero-order valence-electron chi connectivity index (χ0n) is 13.4. The first-order valence-electron chi connectivity index (χ1n) is 7.43. The molecule has 0 saturated heterocycles. The summed E-state index contributed by atoms with van der Waals surface area (Å²) in [5.74, 6) is -0.342. The third kappa shape index (κ3) is 4.06. The van der Waals surface area contributed by atoms with Crippen molar-refractivity contribution in [1.82, 2.24) is 0 Å². The molecule has 0 bridgehead atoms. The van der Waals surface area contributed by atoms with Crippen LogP contribution in [-0.2, 0) is 9.84 Å². The van der Waals surface area contributed by atoms with E-state index in [1.165, 1.54) is 0 Å². The minimum absolute atomic E-state index is 0.0233. The highest BCUT2D eigenvalue weighted by molar-refractivity contribution is 7.91. The standard InChI is InChI=1S/C12H16O3S.2C2H6/c1-8-7-16(14,15)11-6-4-3-5-10(11)9(2)12(8)13;2*1-2/h3-6,8-9,12-13H,7H2,1-2H3;2*1-2H3/t8-,9+,12-;;/m0../s1. The summed E-state index contributed by atoms with van der Waals surface area (Å²) in [6.07, 6.45) is -0.599. The van der Waals surface area contributed by atoms with Gasteiger partial charge in [0.1, 0.15) is 0 Å². The molecule has 0 aromatic heterocycles. The van der Waals surface area contributed by atoms with Gasteiger partial charge in [-0.25, -0.2) is 8.42 Å². The highest BCUT2D eigenvalue weighted by Crippen LogP contribution is 2.34. The first-order chi connectivity index (χ1) is 9.43. The molecule has 0 fully saturated rings. The number of fused-ring (bicyclic) bond motifs is 1. The third-order valence-electron chi connectivity index (χ3n) is 3.32. The molecule has 116 valence electrons. The van der Waals surface area contributed by atoms with Gasteiger partial charge in [-0.15, -0.1) is 0 Å². The van der Waals surface area contributed by atoms with Gasteiger partial charge in [0.2, 0.25) is 0 Å². The molecular weight excluding hydrogens is 272 g/mol. The second kappa shape index (κ2) is 8.42. The van der Waals surface area contributed by atoms with E-state index in [2.05, 4.69) is 0 Å². The van der Waals surface area contributed by atoms with Crippen molar-refractivity contribution in [3.8, 4) is 0 Å². The largest absolute Gasteiger partial charge is 0.392 e. The second-order valence-corrected chi connectivity index (χ2v) is 6.58. The summed E-state index contributed by atoms with van der Waals surface area (Å²) in [7, 11) is -3.25. The van der Waals surface area contributed by atoms with Crippen molar-refractivity contribution in [3.05, 3.63) is 29.8 Å². The lowest BCUT2D eigenvalue weighted by Gasteiger charge is -2.21. The summed E-state index contributed by atoms with van der Waals surface area (Å²) < 4.78 is 24.2. The van der Waals surface area contributed by atoms with Crippen LogP contribution in [0.2, 0.25) is 0 Å². The van der Waals surface area contributed by atoms with Gasteiger partial charge in [0, 0.05) is 5.92 Å². The molecule has 1 aliphatic heterocycles. The van der Waals surface area contributed by atoms with Crippen LogP contribution in [0.3, 0.4) is 0 Å². The Balaban J connectivity index is 0.000000829. The number of aliphatic hydroxyl groups is 1. The molecule has 3 nitrogen and oxygen atoms in total. The maximum Gasteiger partial charge on any atom is 0.179 e. The van der Waals surface area contributed by atoms with Crippen LogP contribution in [-0.4, -0.2) is 25.4 Å². The molecule has 2 rings (SSSR count). The summed E-state index contributed by atoms with van der Waals surface area (Å²) in [6.45, 7) is 11.7. The Bertz CT molecular complexity index is 494. The lowest BCUT2D eigenvalue weighted by Crippen LogP contribution is -2.26. The van der Waals surface area contributed by atoms with Crippen LogP contribution in [0.15, 0.2) is 29.2 Å². The van der Waals surface area contributed by atoms with Crippen LogP contribution >= 0.6 is 0 Å². The minimum atomic E-state index is -3.25. The molecular formula is C16H28O3S. The van der Waals surface area contributed by atoms with Crippen molar-refractivity contribution in [2.24, 2.45) is 5.92 Å². The van der Waals surface area contributed by atoms with Crippen molar-refractivity contribution in [2.45, 2.75) is 58.5 Å². The topological polar surface area (TPSA) is 54.4 Å². The third-order valence-corrected chi connectivity index (χ3v) is 5.33. The first-order valence-corrected chi connectivity index (χ1v) is 9.08. The van der Waals surface area contributed by atoms with Gasteiger partial charge < -0.3 is 5.11 Å². The van der Waals surface area contributed by atoms with Crippen LogP contribution in [0, 0.1) is 5.92 Å². The van der Waals surface area contributed by atoms with E-state index >= 15 is 0 Å². The number of benzene rings is 1. The Morgan fingerprint density at radius 2 is 1.55 bits per heavy atom. The maximum absolute atomic E-state index is 12.1. The molecule has 0 spiro atoms. The highest BCUT2D eigenvalue weighted by atomic mass is 32.2. The van der Waals surface area contributed by atoms with E-state index in [0.29, 0.717) is 4.90 Å². The smallest absolute Gasteiger partial charge is 0.179 e. The lowest BCUT2D eigenvalue weighted by atomic mass is 9.89. The van der Waals surface area contributed by atoms with Crippen molar-refractivity contribution in [3.63, 3.8) is 0 Å². The molecule has 1 aromatic rings. The fourth-order valence-electron chi connectivity index (χ4n) is 2.35. The molecule has 0 amide bonds. The molecule has 1 N–H and O–H groups in total. The van der Waals surface area contributed by atoms with E-state index in [4.69, 9.17) is 0 Å². The molecule has 1 aliphatic rings. The van der Waals surface area contributed by atoms with Crippen molar-refractivity contribution >= 4 is 9.84 Å². The van der Waals surface area contributed by atoms with Gasteiger partial charge in [-0.1, -0.05) is 59.7 Å². The van der Waals surface area contributed by atoms with Gasteiger partial charge in [0.15, 0.2) is 9.84 Å². The molecule has 1 aromatic carbocycles. The number of aliphatic hydroxyl groups excluding tert-OH is 1. The van der Waals surface area contributed by atoms with Crippen LogP contribution in [0.1, 0.15) is 53.0 Å². The van der Waals surface area contributed by atoms with Gasteiger partial charge in [-0.2, -0.15) is 0 Å². The number of sulfone groups is 1. The molecule has 0 unspecified atom stereocenters. The zero-order valence-corrected chi connectivity index (χ0v) is 14.2. The van der Waals surface area contributed by atoms with Crippen LogP contribution in [0.5, 0.6) is 0 Å². The van der Waals surface area contributed by atoms with Crippen molar-refractivity contribution < 1.29 is 13.5 Å². The van der Waals surface area contributed by atoms with Crippen molar-refractivity contribution in [1.29, 1.82) is 0 Å². The molecule has 3 atom stereocenters. The number of hydrogen-bond acceptors (Lipinski definition) is 3. The maximum atomic E-state index is 12.1. The Labute approximate surface area is 124 Å². The first kappa shape index (κ1) is 19.1. The van der Waals surface area contributed by atoms with E-state index in [-0.39, 0.29) is 17.6 Å². The fourth-order valence-corrected chi connectivity index (χ4v) is 4.32. The molecule has 20 heavy (non-hydrogen) atoms. The summed E-state index contributed by atoms with van der Waals surface area (Å²) in [5.41, 5.74) is 0.736. The number of hydrogen-bond donors (Lipinski definition) is 1. The Morgan fingerprint density at radius 3 is 2.10 bits per heavy atom. The van der Waals surface area contributed by atoms with Gasteiger partial charge in [0.05, 0.1) is 16.8 Å². The van der Waals surface area contributed by atoms with E-state index < -0.39 is 15.9 Å². The summed E-state index contributed by atoms with van der Waals surface area (Å²) >= 11 is 0. The number of rotatable bonds is 0. The average Bonchev–Trinajstić information content (AvgIpc) is 2.54. The van der Waals surface area contributed by atoms with Gasteiger partial charge in [-0.05, 0) is 17.5 Å². The highest BCUT2D eigenvalue weighted by Gasteiger charge is 2.34. The molecule has 0 saturated carbocycles. The predicted molar refractivity (Wildman–Crippen MR) is 84.8 cm³/mol. The monoisotopic (exact) mass is 300 g/mol. The summed E-state index contributed by atoms with van der Waals surface area (Å²) in [4.78, 5) is 0.380. The predicted octanol–water partition coefficient (Wildman–Crippen LogP) is 3.63. The molecule has 1 heterocycles. The Hall–Kier alpha value is -0.870. The minimum Gasteiger partial charge on any atom is -0.392 e. The quantitative estimate of drug-likeness (QED) is 0.796. The van der Waals surface area contributed by atoms with Gasteiger partial charge >= 0.3 is 0 Å². The van der Waals surface area contributed by atoms with E-state index in [1.54, 1.807) is 25.1 Å². The fraction of sp³-hybridized carbons (Fsp3) is 0.625. The van der Waals surface area contributed by atoms with Crippen LogP contribution in [0.4, 0.5) is 0 Å². The van der Waals surface area contributed by atoms with Gasteiger partial charge in [0.25, 0.3) is 0 Å². The summed E-state index contributed by atoms with van der Waals surface area (Å²) in [5, 5.41) is 10.0. The normalized spacial score (nSPS) is 26.9. The van der Waals surface area contributed by atoms with E-state index in [1.807, 2.05) is 40.7 Å². The average molecular weight is 300 g/mol. The van der Waals surface area contributed by atoms with Crippen molar-refractivity contribution in [2.75, 3.05) is 5.75 Å². The molecule has 0 aliphatic carbocycles. The van der Waals surface area contributed by atoms with Crippen LogP contribution < -0.4 is 0 Å². The van der Waals surface area contributed by atoms with Crippen LogP contribution in [0.25, 0.3) is 0 Å². The van der Waals surface area contributed by atoms with Gasteiger partial charge in [-0.3, -0.25) is 0 Å². The lowest BCUT2D eigenvalue weighted by molar-refractivity contribution is 0.104. The molecule has 0 radical (unpaired) electrons. The van der Waals surface area contributed by atoms with E-state index in [0.717, 1.165) is 5.56 Å². The Kier molecular flexibility index (Phi) is 8.06. The zero-order chi connectivity index (χ0) is 15.9. The second-order valence-electron chi connectivity index (χ2n) is 4.58. The summed E-state index contributed by atoms with van der Waals surface area (Å²) in [6, 6.07) is 6.96. The Morgan fingerprint density at radius 1 is 1.05 bits per heavy atom. The SMILES string of the molecule is CC.CC.C[C@@H]1c2ccccc2S(=O)(=O)C[C@H](C)[C@@H]1O. The van der Waals surface area contributed by atoms with E-state index in [9.17, 15) is 13.5 Å².